The molecule has 0 bridgehead atoms. The fourth-order valence-electron chi connectivity index (χ4n) is 9.31. The van der Waals surface area contributed by atoms with E-state index in [2.05, 4.69) is 24.8 Å². The summed E-state index contributed by atoms with van der Waals surface area (Å²) >= 11 is 0. The summed E-state index contributed by atoms with van der Waals surface area (Å²) in [5.74, 6) is 1.31. The molecule has 0 spiro atoms. The number of cyclic esters (lactones) is 2. The van der Waals surface area contributed by atoms with Crippen molar-refractivity contribution in [1.29, 1.82) is 0 Å². The van der Waals surface area contributed by atoms with Gasteiger partial charge in [-0.3, -0.25) is 14.4 Å². The molecule has 30 heavy (non-hydrogen) atoms. The van der Waals surface area contributed by atoms with Crippen LogP contribution in [0.15, 0.2) is 11.6 Å². The summed E-state index contributed by atoms with van der Waals surface area (Å²) in [6.45, 7) is 4.89. The summed E-state index contributed by atoms with van der Waals surface area (Å²) in [4.78, 5) is 39.2. The van der Waals surface area contributed by atoms with E-state index < -0.39 is 0 Å². The molecular formula is C25H33NO4. The Hall–Kier alpha value is -1.65. The van der Waals surface area contributed by atoms with Gasteiger partial charge in [0.05, 0.1) is 11.8 Å². The summed E-state index contributed by atoms with van der Waals surface area (Å²) in [5.41, 5.74) is 1.82. The molecule has 4 aliphatic carbocycles. The zero-order chi connectivity index (χ0) is 21.0. The highest BCUT2D eigenvalue weighted by Gasteiger charge is 2.65. The number of amides is 1. The molecule has 3 saturated carbocycles. The zero-order valence-electron chi connectivity index (χ0n) is 18.4. The van der Waals surface area contributed by atoms with E-state index in [1.807, 2.05) is 7.05 Å². The molecule has 162 valence electrons. The summed E-state index contributed by atoms with van der Waals surface area (Å²) in [6.07, 6.45) is 10.4. The zero-order valence-corrected chi connectivity index (χ0v) is 18.4. The molecule has 1 amide bonds. The average Bonchev–Trinajstić information content (AvgIpc) is 3.18. The van der Waals surface area contributed by atoms with Gasteiger partial charge in [0, 0.05) is 19.5 Å². The van der Waals surface area contributed by atoms with Crippen molar-refractivity contribution in [1.82, 2.24) is 4.90 Å². The van der Waals surface area contributed by atoms with Gasteiger partial charge < -0.3 is 9.64 Å². The number of likely N-dealkylation sites (tertiary alicyclic amines) is 1. The molecule has 0 N–H and O–H groups in total. The van der Waals surface area contributed by atoms with Crippen molar-refractivity contribution in [2.24, 2.45) is 46.3 Å². The van der Waals surface area contributed by atoms with Crippen LogP contribution in [0.2, 0.25) is 0 Å². The van der Waals surface area contributed by atoms with Gasteiger partial charge in [-0.1, -0.05) is 25.5 Å². The number of carbonyl (C=O) groups is 3. The maximum atomic E-state index is 12.6. The molecule has 6 rings (SSSR count). The first-order chi connectivity index (χ1) is 14.3. The van der Waals surface area contributed by atoms with Crippen molar-refractivity contribution in [2.45, 2.75) is 71.3 Å². The lowest BCUT2D eigenvalue weighted by atomic mass is 9.47. The van der Waals surface area contributed by atoms with Gasteiger partial charge in [-0.05, 0) is 79.4 Å². The van der Waals surface area contributed by atoms with Gasteiger partial charge in [0.15, 0.2) is 0 Å². The van der Waals surface area contributed by atoms with E-state index >= 15 is 0 Å². The largest absolute Gasteiger partial charge is 0.393 e. The SMILES string of the molecule is CN1C(=O)CC[C@@]2(C)C1CC[C@@H]1[C@@H]2CC[C@]2(C)C3=CC[C@@H]4C(=O)OC(=O)[C@@H]4[C@@H]3C[C@@H]12. The molecule has 9 atom stereocenters. The Balaban J connectivity index is 1.34. The van der Waals surface area contributed by atoms with Crippen LogP contribution in [0.5, 0.6) is 0 Å². The maximum absolute atomic E-state index is 12.6. The molecule has 1 unspecified atom stereocenters. The molecule has 6 aliphatic rings. The first-order valence-corrected chi connectivity index (χ1v) is 12.0. The number of esters is 2. The van der Waals surface area contributed by atoms with Gasteiger partial charge in [0.2, 0.25) is 5.91 Å². The molecule has 2 saturated heterocycles. The predicted molar refractivity (Wildman–Crippen MR) is 110 cm³/mol. The number of ether oxygens (including phenoxy) is 1. The number of piperidine rings is 1. The fourth-order valence-corrected chi connectivity index (χ4v) is 9.31. The van der Waals surface area contributed by atoms with Crippen LogP contribution in [0.1, 0.15) is 65.2 Å². The summed E-state index contributed by atoms with van der Waals surface area (Å²) in [7, 11) is 2.01. The van der Waals surface area contributed by atoms with E-state index in [0.717, 1.165) is 19.3 Å². The van der Waals surface area contributed by atoms with E-state index in [0.29, 0.717) is 42.5 Å². The first kappa shape index (κ1) is 19.1. The molecule has 0 aromatic heterocycles. The summed E-state index contributed by atoms with van der Waals surface area (Å²) in [6, 6.07) is 0.374. The molecule has 0 aromatic carbocycles. The quantitative estimate of drug-likeness (QED) is 0.346. The van der Waals surface area contributed by atoms with Crippen LogP contribution in [-0.2, 0) is 19.1 Å². The van der Waals surface area contributed by atoms with E-state index in [9.17, 15) is 14.4 Å². The van der Waals surface area contributed by atoms with Crippen molar-refractivity contribution < 1.29 is 19.1 Å². The van der Waals surface area contributed by atoms with Gasteiger partial charge in [0.25, 0.3) is 0 Å². The second-order valence-electron chi connectivity index (χ2n) is 11.5. The van der Waals surface area contributed by atoms with Gasteiger partial charge in [0.1, 0.15) is 0 Å². The lowest BCUT2D eigenvalue weighted by Gasteiger charge is -2.61. The highest BCUT2D eigenvalue weighted by molar-refractivity contribution is 5.97. The number of hydrogen-bond acceptors (Lipinski definition) is 4. The van der Waals surface area contributed by atoms with Crippen LogP contribution in [0.4, 0.5) is 0 Å². The minimum atomic E-state index is -0.305. The molecule has 5 nitrogen and oxygen atoms in total. The third-order valence-electron chi connectivity index (χ3n) is 10.7. The minimum Gasteiger partial charge on any atom is -0.393 e. The Morgan fingerprint density at radius 2 is 1.80 bits per heavy atom. The van der Waals surface area contributed by atoms with Crippen molar-refractivity contribution in [3.05, 3.63) is 11.6 Å². The van der Waals surface area contributed by atoms with Crippen molar-refractivity contribution in [3.63, 3.8) is 0 Å². The van der Waals surface area contributed by atoms with E-state index in [4.69, 9.17) is 4.74 Å². The number of nitrogens with zero attached hydrogens (tertiary/aromatic N) is 1. The van der Waals surface area contributed by atoms with Gasteiger partial charge >= 0.3 is 11.9 Å². The minimum absolute atomic E-state index is 0.155. The summed E-state index contributed by atoms with van der Waals surface area (Å²) in [5, 5.41) is 0. The molecule has 0 aromatic rings. The van der Waals surface area contributed by atoms with E-state index in [-0.39, 0.29) is 40.5 Å². The molecule has 0 radical (unpaired) electrons. The highest BCUT2D eigenvalue weighted by atomic mass is 16.6. The van der Waals surface area contributed by atoms with Crippen LogP contribution >= 0.6 is 0 Å². The Labute approximate surface area is 178 Å². The smallest absolute Gasteiger partial charge is 0.318 e. The number of hydrogen-bond donors (Lipinski definition) is 0. The van der Waals surface area contributed by atoms with Crippen LogP contribution < -0.4 is 0 Å². The van der Waals surface area contributed by atoms with Crippen molar-refractivity contribution >= 4 is 17.8 Å². The molecule has 2 heterocycles. The molecule has 2 aliphatic heterocycles. The number of fused-ring (bicyclic) bond motifs is 9. The Morgan fingerprint density at radius 1 is 1.00 bits per heavy atom. The molecule has 5 heteroatoms. The Kier molecular flexibility index (Phi) is 3.80. The third kappa shape index (κ3) is 2.17. The average molecular weight is 412 g/mol. The molecular weight excluding hydrogens is 378 g/mol. The second kappa shape index (κ2) is 5.98. The van der Waals surface area contributed by atoms with Gasteiger partial charge in [-0.25, -0.2) is 0 Å². The number of allylic oxidation sites excluding steroid dienone is 2. The van der Waals surface area contributed by atoms with Crippen molar-refractivity contribution in [3.8, 4) is 0 Å². The van der Waals surface area contributed by atoms with Gasteiger partial charge in [-0.2, -0.15) is 0 Å². The topological polar surface area (TPSA) is 63.7 Å². The number of rotatable bonds is 0. The standard InChI is InChI=1S/C25H33NO4/c1-24-10-8-17-13(5-7-19-25(17,2)11-9-20(27)26(19)3)18(24)12-15-16(24)6-4-14-21(15)23(29)30-22(14)28/h6,13-15,17-19,21H,4-5,7-12H2,1-3H3/t13-,14+,15-,17+,18+,19?,21+,24-,25-/m1/s1. The fraction of sp³-hybridized carbons (Fsp3) is 0.800. The second-order valence-corrected chi connectivity index (χ2v) is 11.5. The van der Waals surface area contributed by atoms with Crippen LogP contribution in [0, 0.1) is 46.3 Å². The van der Waals surface area contributed by atoms with Crippen LogP contribution in [-0.4, -0.2) is 35.8 Å². The maximum Gasteiger partial charge on any atom is 0.318 e. The normalized spacial score (nSPS) is 52.0. The lowest BCUT2D eigenvalue weighted by molar-refractivity contribution is -0.156. The Morgan fingerprint density at radius 3 is 2.60 bits per heavy atom. The highest BCUT2D eigenvalue weighted by Crippen LogP contribution is 2.69. The third-order valence-corrected chi connectivity index (χ3v) is 10.7. The first-order valence-electron chi connectivity index (χ1n) is 12.0. The molecule has 5 fully saturated rings. The monoisotopic (exact) mass is 411 g/mol. The number of carbonyl (C=O) groups excluding carboxylic acids is 3. The van der Waals surface area contributed by atoms with E-state index in [1.54, 1.807) is 0 Å². The summed E-state index contributed by atoms with van der Waals surface area (Å²) < 4.78 is 5.07. The van der Waals surface area contributed by atoms with Gasteiger partial charge in [-0.15, -0.1) is 0 Å². The van der Waals surface area contributed by atoms with E-state index in [1.165, 1.54) is 24.8 Å². The predicted octanol–water partition coefficient (Wildman–Crippen LogP) is 3.72. The Bertz CT molecular complexity index is 878. The van der Waals surface area contributed by atoms with Crippen LogP contribution in [0.3, 0.4) is 0 Å². The van der Waals surface area contributed by atoms with Crippen molar-refractivity contribution in [2.75, 3.05) is 7.05 Å². The lowest BCUT2D eigenvalue weighted by Crippen LogP contribution is -2.61. The van der Waals surface area contributed by atoms with Crippen LogP contribution in [0.25, 0.3) is 0 Å².